The van der Waals surface area contributed by atoms with Gasteiger partial charge in [-0.25, -0.2) is 0 Å². The summed E-state index contributed by atoms with van der Waals surface area (Å²) in [5.41, 5.74) is 0. The second kappa shape index (κ2) is 5.79. The van der Waals surface area contributed by atoms with Gasteiger partial charge in [0.05, 0.1) is 0 Å². The Hall–Kier alpha value is -1.96. The fourth-order valence-corrected chi connectivity index (χ4v) is 1.59. The predicted molar refractivity (Wildman–Crippen MR) is 72.4 cm³/mol. The normalized spacial score (nSPS) is 10.5. The summed E-state index contributed by atoms with van der Waals surface area (Å²) < 4.78 is 1.87. The number of aromatic nitrogens is 6. The van der Waals surface area contributed by atoms with E-state index in [9.17, 15) is 0 Å². The molecule has 0 aliphatic heterocycles. The highest BCUT2D eigenvalue weighted by molar-refractivity contribution is 6.28. The molecule has 0 saturated carbocycles. The Morgan fingerprint density at radius 2 is 2.11 bits per heavy atom. The van der Waals surface area contributed by atoms with Gasteiger partial charge < -0.3 is 14.8 Å². The topological polar surface area (TPSA) is 84.7 Å². The quantitative estimate of drug-likeness (QED) is 0.848. The lowest BCUT2D eigenvalue weighted by molar-refractivity contribution is 0.784. The van der Waals surface area contributed by atoms with Crippen LogP contribution in [0.1, 0.15) is 5.82 Å². The number of aryl methyl sites for hydroxylation is 1. The molecule has 0 bridgehead atoms. The van der Waals surface area contributed by atoms with Gasteiger partial charge in [-0.2, -0.15) is 15.0 Å². The number of anilines is 2. The van der Waals surface area contributed by atoms with Gasteiger partial charge in [0.15, 0.2) is 0 Å². The van der Waals surface area contributed by atoms with Crippen molar-refractivity contribution in [3.05, 3.63) is 17.4 Å². The summed E-state index contributed by atoms with van der Waals surface area (Å²) in [6.07, 6.45) is 2.39. The van der Waals surface area contributed by atoms with E-state index in [4.69, 9.17) is 11.6 Å². The molecule has 2 aromatic heterocycles. The highest BCUT2D eigenvalue weighted by atomic mass is 35.5. The molecule has 0 aliphatic carbocycles. The smallest absolute Gasteiger partial charge is 0.230 e. The molecule has 1 N–H and O–H groups in total. The molecule has 19 heavy (non-hydrogen) atoms. The van der Waals surface area contributed by atoms with Gasteiger partial charge in [0.1, 0.15) is 12.2 Å². The highest BCUT2D eigenvalue weighted by Crippen LogP contribution is 2.11. The summed E-state index contributed by atoms with van der Waals surface area (Å²) in [5.74, 6) is 1.85. The third-order valence-electron chi connectivity index (χ3n) is 2.43. The molecular weight excluding hydrogens is 268 g/mol. The second-order valence-electron chi connectivity index (χ2n) is 4.16. The van der Waals surface area contributed by atoms with Crippen LogP contribution in [0.3, 0.4) is 0 Å². The van der Waals surface area contributed by atoms with Crippen molar-refractivity contribution in [1.82, 2.24) is 29.7 Å². The lowest BCUT2D eigenvalue weighted by Crippen LogP contribution is -2.16. The van der Waals surface area contributed by atoms with Crippen molar-refractivity contribution in [1.29, 1.82) is 0 Å². The molecule has 0 atom stereocenters. The Morgan fingerprint density at radius 3 is 2.74 bits per heavy atom. The minimum atomic E-state index is 0.167. The molecule has 0 spiro atoms. The van der Waals surface area contributed by atoms with Crippen LogP contribution in [0, 0.1) is 0 Å². The molecule has 0 saturated heterocycles. The Labute approximate surface area is 115 Å². The SMILES string of the molecule is CN(C)c1nc(Cl)nc(NCCc2nncn2C)n1. The Morgan fingerprint density at radius 1 is 1.32 bits per heavy atom. The predicted octanol–water partition coefficient (Wildman–Crippen LogP) is 0.374. The molecule has 0 amide bonds. The van der Waals surface area contributed by atoms with Crippen molar-refractivity contribution in [3.8, 4) is 0 Å². The van der Waals surface area contributed by atoms with Gasteiger partial charge in [-0.05, 0) is 11.6 Å². The van der Waals surface area contributed by atoms with Crippen LogP contribution in [0.2, 0.25) is 5.28 Å². The molecule has 0 aliphatic rings. The summed E-state index contributed by atoms with van der Waals surface area (Å²) in [6, 6.07) is 0. The number of hydrogen-bond donors (Lipinski definition) is 1. The second-order valence-corrected chi connectivity index (χ2v) is 4.50. The zero-order valence-electron chi connectivity index (χ0n) is 11.0. The Kier molecular flexibility index (Phi) is 4.10. The molecule has 0 aromatic carbocycles. The molecule has 9 heteroatoms. The molecule has 2 rings (SSSR count). The lowest BCUT2D eigenvalue weighted by Gasteiger charge is -2.11. The first-order valence-electron chi connectivity index (χ1n) is 5.72. The number of nitrogens with one attached hydrogen (secondary N) is 1. The zero-order valence-corrected chi connectivity index (χ0v) is 11.8. The maximum Gasteiger partial charge on any atom is 0.230 e. The highest BCUT2D eigenvalue weighted by Gasteiger charge is 2.07. The summed E-state index contributed by atoms with van der Waals surface area (Å²) in [7, 11) is 5.59. The molecule has 0 fully saturated rings. The van der Waals surface area contributed by atoms with Gasteiger partial charge in [0, 0.05) is 34.1 Å². The van der Waals surface area contributed by atoms with Crippen LogP contribution < -0.4 is 10.2 Å². The Balaban J connectivity index is 1.98. The maximum absolute atomic E-state index is 5.84. The average molecular weight is 283 g/mol. The van der Waals surface area contributed by atoms with E-state index in [2.05, 4.69) is 30.5 Å². The third kappa shape index (κ3) is 3.50. The molecular formula is C10H15ClN8. The first kappa shape index (κ1) is 13.5. The van der Waals surface area contributed by atoms with Crippen molar-refractivity contribution in [2.24, 2.45) is 7.05 Å². The monoisotopic (exact) mass is 282 g/mol. The van der Waals surface area contributed by atoms with Crippen molar-refractivity contribution in [3.63, 3.8) is 0 Å². The van der Waals surface area contributed by atoms with Crippen molar-refractivity contribution in [2.45, 2.75) is 6.42 Å². The van der Waals surface area contributed by atoms with Crippen LogP contribution in [-0.4, -0.2) is 50.4 Å². The van der Waals surface area contributed by atoms with Gasteiger partial charge in [-0.3, -0.25) is 0 Å². The van der Waals surface area contributed by atoms with E-state index in [1.807, 2.05) is 25.7 Å². The Bertz CT molecular complexity index is 552. The fourth-order valence-electron chi connectivity index (χ4n) is 1.44. The fraction of sp³-hybridized carbons (Fsp3) is 0.500. The standard InChI is InChI=1S/C10H15ClN8/c1-18(2)10-15-8(11)14-9(16-10)12-5-4-7-17-13-6-19(7)3/h6H,4-5H2,1-3H3,(H,12,14,15,16). The molecule has 102 valence electrons. The zero-order chi connectivity index (χ0) is 13.8. The van der Waals surface area contributed by atoms with E-state index in [0.717, 1.165) is 12.2 Å². The van der Waals surface area contributed by atoms with Gasteiger partial charge in [0.25, 0.3) is 0 Å². The van der Waals surface area contributed by atoms with Gasteiger partial charge in [-0.15, -0.1) is 10.2 Å². The largest absolute Gasteiger partial charge is 0.354 e. The number of rotatable bonds is 5. The summed E-state index contributed by atoms with van der Waals surface area (Å²) in [4.78, 5) is 14.0. The van der Waals surface area contributed by atoms with E-state index in [1.165, 1.54) is 0 Å². The van der Waals surface area contributed by atoms with E-state index >= 15 is 0 Å². The van der Waals surface area contributed by atoms with Crippen LogP contribution in [0.25, 0.3) is 0 Å². The lowest BCUT2D eigenvalue weighted by atomic mass is 10.4. The minimum absolute atomic E-state index is 0.167. The van der Waals surface area contributed by atoms with Crippen LogP contribution in [0.15, 0.2) is 6.33 Å². The van der Waals surface area contributed by atoms with Crippen molar-refractivity contribution < 1.29 is 0 Å². The van der Waals surface area contributed by atoms with Gasteiger partial charge >= 0.3 is 0 Å². The summed E-state index contributed by atoms with van der Waals surface area (Å²) in [6.45, 7) is 0.639. The maximum atomic E-state index is 5.84. The third-order valence-corrected chi connectivity index (χ3v) is 2.60. The van der Waals surface area contributed by atoms with Crippen LogP contribution in [0.5, 0.6) is 0 Å². The molecule has 0 radical (unpaired) electrons. The van der Waals surface area contributed by atoms with Crippen LogP contribution >= 0.6 is 11.6 Å². The van der Waals surface area contributed by atoms with E-state index in [1.54, 1.807) is 11.2 Å². The minimum Gasteiger partial charge on any atom is -0.354 e. The van der Waals surface area contributed by atoms with Crippen molar-refractivity contribution >= 4 is 23.5 Å². The van der Waals surface area contributed by atoms with Gasteiger partial charge in [-0.1, -0.05) is 0 Å². The molecule has 8 nitrogen and oxygen atoms in total. The summed E-state index contributed by atoms with van der Waals surface area (Å²) in [5, 5.41) is 11.1. The van der Waals surface area contributed by atoms with E-state index < -0.39 is 0 Å². The number of hydrogen-bond acceptors (Lipinski definition) is 7. The average Bonchev–Trinajstić information content (AvgIpc) is 2.74. The molecule has 0 unspecified atom stereocenters. The van der Waals surface area contributed by atoms with E-state index in [-0.39, 0.29) is 5.28 Å². The molecule has 2 heterocycles. The number of nitrogens with zero attached hydrogens (tertiary/aromatic N) is 7. The summed E-state index contributed by atoms with van der Waals surface area (Å²) >= 11 is 5.84. The van der Waals surface area contributed by atoms with Crippen molar-refractivity contribution in [2.75, 3.05) is 30.9 Å². The number of halogens is 1. The van der Waals surface area contributed by atoms with E-state index in [0.29, 0.717) is 18.4 Å². The first-order chi connectivity index (χ1) is 9.06. The van der Waals surface area contributed by atoms with Crippen LogP contribution in [0.4, 0.5) is 11.9 Å². The molecule has 2 aromatic rings. The van der Waals surface area contributed by atoms with Gasteiger partial charge in [0.2, 0.25) is 17.2 Å². The first-order valence-corrected chi connectivity index (χ1v) is 6.09. The van der Waals surface area contributed by atoms with Crippen LogP contribution in [-0.2, 0) is 13.5 Å².